The van der Waals surface area contributed by atoms with Gasteiger partial charge < -0.3 is 25.2 Å². The Bertz CT molecular complexity index is 1150. The van der Waals surface area contributed by atoms with Crippen molar-refractivity contribution in [3.63, 3.8) is 0 Å². The summed E-state index contributed by atoms with van der Waals surface area (Å²) >= 11 is 0. The van der Waals surface area contributed by atoms with E-state index in [1.807, 2.05) is 0 Å². The number of hydrogen-bond acceptors (Lipinski definition) is 6. The number of aryl methyl sites for hydroxylation is 1. The van der Waals surface area contributed by atoms with E-state index < -0.39 is 30.0 Å². The average molecular weight is 537 g/mol. The third kappa shape index (κ3) is 6.03. The minimum atomic E-state index is -1.08. The fourth-order valence-electron chi connectivity index (χ4n) is 6.83. The molecule has 1 spiro atoms. The van der Waals surface area contributed by atoms with E-state index >= 15 is 0 Å². The van der Waals surface area contributed by atoms with Crippen molar-refractivity contribution >= 4 is 17.7 Å². The van der Waals surface area contributed by atoms with E-state index in [1.54, 1.807) is 4.90 Å². The van der Waals surface area contributed by atoms with Crippen LogP contribution in [0, 0.1) is 5.92 Å². The predicted octanol–water partition coefficient (Wildman–Crippen LogP) is 3.12. The third-order valence-electron chi connectivity index (χ3n) is 9.12. The molecule has 3 N–H and O–H groups in total. The summed E-state index contributed by atoms with van der Waals surface area (Å²) in [5.41, 5.74) is 2.92. The summed E-state index contributed by atoms with van der Waals surface area (Å²) in [6.07, 6.45) is 10.1. The van der Waals surface area contributed by atoms with E-state index in [2.05, 4.69) is 40.1 Å². The highest BCUT2D eigenvalue weighted by atomic mass is 16.5. The Morgan fingerprint density at radius 3 is 2.51 bits per heavy atom. The van der Waals surface area contributed by atoms with Crippen LogP contribution in [0.25, 0.3) is 0 Å². The number of benzene rings is 1. The van der Waals surface area contributed by atoms with Crippen molar-refractivity contribution in [3.05, 3.63) is 53.4 Å². The molecule has 5 rings (SSSR count). The molecule has 3 atom stereocenters. The summed E-state index contributed by atoms with van der Waals surface area (Å²) in [4.78, 5) is 41.6. The molecule has 0 radical (unpaired) electrons. The largest absolute Gasteiger partial charge is 0.391 e. The number of carbonyl (C=O) groups is 3. The topological polar surface area (TPSA) is 125 Å². The number of rotatable bonds is 8. The van der Waals surface area contributed by atoms with Crippen LogP contribution in [-0.2, 0) is 21.4 Å². The van der Waals surface area contributed by atoms with Gasteiger partial charge in [-0.15, -0.1) is 0 Å². The Labute approximate surface area is 229 Å². The number of aliphatic hydroxyl groups excluding tert-OH is 1. The maximum absolute atomic E-state index is 13.6. The van der Waals surface area contributed by atoms with Gasteiger partial charge in [0.15, 0.2) is 0 Å². The van der Waals surface area contributed by atoms with Crippen LogP contribution in [0.5, 0.6) is 0 Å². The second kappa shape index (κ2) is 11.9. The number of aromatic nitrogens is 1. The van der Waals surface area contributed by atoms with Gasteiger partial charge in [0.05, 0.1) is 12.3 Å². The van der Waals surface area contributed by atoms with Gasteiger partial charge in [-0.1, -0.05) is 61.5 Å². The van der Waals surface area contributed by atoms with Crippen LogP contribution >= 0.6 is 0 Å². The van der Waals surface area contributed by atoms with Gasteiger partial charge >= 0.3 is 0 Å². The fraction of sp³-hybridized carbons (Fsp3) is 0.600. The summed E-state index contributed by atoms with van der Waals surface area (Å²) in [5.74, 6) is -0.946. The molecular weight excluding hydrogens is 496 g/mol. The zero-order valence-corrected chi connectivity index (χ0v) is 22.7. The number of likely N-dealkylation sites (tertiary alicyclic amines) is 1. The molecule has 210 valence electrons. The van der Waals surface area contributed by atoms with Gasteiger partial charge in [0.1, 0.15) is 12.1 Å². The molecule has 9 heteroatoms. The van der Waals surface area contributed by atoms with Crippen molar-refractivity contribution in [2.75, 3.05) is 13.1 Å². The number of aliphatic hydroxyl groups is 1. The molecule has 1 aliphatic heterocycles. The van der Waals surface area contributed by atoms with Crippen LogP contribution in [0.1, 0.15) is 86.4 Å². The zero-order chi connectivity index (χ0) is 27.4. The maximum atomic E-state index is 13.6. The van der Waals surface area contributed by atoms with Gasteiger partial charge in [-0.05, 0) is 61.5 Å². The van der Waals surface area contributed by atoms with Gasteiger partial charge in [-0.2, -0.15) is 0 Å². The Hall–Kier alpha value is -3.20. The molecule has 1 aromatic heterocycles. The first-order valence-electron chi connectivity index (χ1n) is 14.4. The first kappa shape index (κ1) is 27.4. The summed E-state index contributed by atoms with van der Waals surface area (Å²) < 4.78 is 4.97. The molecule has 1 saturated heterocycles. The van der Waals surface area contributed by atoms with Crippen LogP contribution < -0.4 is 10.6 Å². The van der Waals surface area contributed by atoms with Gasteiger partial charge in [0.2, 0.25) is 17.6 Å². The normalized spacial score (nSPS) is 21.1. The highest BCUT2D eigenvalue weighted by Crippen LogP contribution is 2.46. The molecule has 1 saturated carbocycles. The Morgan fingerprint density at radius 2 is 1.82 bits per heavy atom. The molecule has 2 aliphatic carbocycles. The SMILES string of the molecule is C[C@@H](O)[C@H](NC(=O)[C@H](CC1CCCCC1)NC(=O)c1ccno1)C(=O)N1CCC2(CCc3ccccc32)CC1. The molecule has 39 heavy (non-hydrogen) atoms. The first-order chi connectivity index (χ1) is 18.9. The highest BCUT2D eigenvalue weighted by molar-refractivity contribution is 5.96. The lowest BCUT2D eigenvalue weighted by molar-refractivity contribution is -0.141. The molecular formula is C30H40N4O5. The molecule has 1 aromatic carbocycles. The monoisotopic (exact) mass is 536 g/mol. The van der Waals surface area contributed by atoms with Gasteiger partial charge in [-0.3, -0.25) is 14.4 Å². The Kier molecular flexibility index (Phi) is 8.35. The lowest BCUT2D eigenvalue weighted by atomic mass is 9.74. The number of hydrogen-bond donors (Lipinski definition) is 3. The van der Waals surface area contributed by atoms with Crippen molar-refractivity contribution < 1.29 is 24.0 Å². The van der Waals surface area contributed by atoms with Crippen molar-refractivity contribution in [3.8, 4) is 0 Å². The fourth-order valence-corrected chi connectivity index (χ4v) is 6.83. The number of fused-ring (bicyclic) bond motifs is 2. The lowest BCUT2D eigenvalue weighted by Gasteiger charge is -2.41. The Morgan fingerprint density at radius 1 is 1.08 bits per heavy atom. The lowest BCUT2D eigenvalue weighted by Crippen LogP contribution is -2.59. The summed E-state index contributed by atoms with van der Waals surface area (Å²) in [7, 11) is 0. The molecule has 0 bridgehead atoms. The van der Waals surface area contributed by atoms with Crippen molar-refractivity contribution in [2.24, 2.45) is 5.92 Å². The van der Waals surface area contributed by atoms with Gasteiger partial charge in [-0.25, -0.2) is 0 Å². The van der Waals surface area contributed by atoms with E-state index in [9.17, 15) is 19.5 Å². The minimum absolute atomic E-state index is 0.0235. The van der Waals surface area contributed by atoms with E-state index in [1.165, 1.54) is 36.7 Å². The van der Waals surface area contributed by atoms with Crippen LogP contribution in [0.2, 0.25) is 0 Å². The van der Waals surface area contributed by atoms with Crippen LogP contribution in [0.4, 0.5) is 0 Å². The summed E-state index contributed by atoms with van der Waals surface area (Å²) in [6.45, 7) is 2.69. The summed E-state index contributed by atoms with van der Waals surface area (Å²) in [5, 5.41) is 19.7. The standard InChI is InChI=1S/C30H40N4O5/c1-20(35)26(29(38)34-17-14-30(15-18-34)13-11-22-9-5-6-10-23(22)30)33-27(36)24(19-21-7-3-2-4-8-21)32-28(37)25-12-16-31-39-25/h5-6,9-10,12,16,20-21,24,26,35H,2-4,7-8,11,13-15,17-19H2,1H3,(H,32,37)(H,33,36)/t20-,24+,26+/m1/s1. The maximum Gasteiger partial charge on any atom is 0.290 e. The second-order valence-corrected chi connectivity index (χ2v) is 11.6. The molecule has 2 aromatic rings. The smallest absolute Gasteiger partial charge is 0.290 e. The third-order valence-corrected chi connectivity index (χ3v) is 9.12. The summed E-state index contributed by atoms with van der Waals surface area (Å²) in [6, 6.07) is 8.11. The molecule has 3 amide bonds. The highest BCUT2D eigenvalue weighted by Gasteiger charge is 2.43. The molecule has 0 unspecified atom stereocenters. The molecule has 9 nitrogen and oxygen atoms in total. The van der Waals surface area contributed by atoms with Crippen molar-refractivity contribution in [1.29, 1.82) is 0 Å². The van der Waals surface area contributed by atoms with E-state index in [0.717, 1.165) is 51.4 Å². The van der Waals surface area contributed by atoms with Crippen LogP contribution in [0.3, 0.4) is 0 Å². The van der Waals surface area contributed by atoms with E-state index in [4.69, 9.17) is 4.52 Å². The number of piperidine rings is 1. The molecule has 2 heterocycles. The van der Waals surface area contributed by atoms with Crippen molar-refractivity contribution in [1.82, 2.24) is 20.7 Å². The molecule has 3 aliphatic rings. The van der Waals surface area contributed by atoms with Gasteiger partial charge in [0.25, 0.3) is 5.91 Å². The zero-order valence-electron chi connectivity index (χ0n) is 22.7. The number of nitrogens with zero attached hydrogens (tertiary/aromatic N) is 2. The van der Waals surface area contributed by atoms with E-state index in [-0.39, 0.29) is 17.1 Å². The number of nitrogens with one attached hydrogen (secondary N) is 2. The predicted molar refractivity (Wildman–Crippen MR) is 145 cm³/mol. The first-order valence-corrected chi connectivity index (χ1v) is 14.4. The average Bonchev–Trinajstić information content (AvgIpc) is 3.61. The quantitative estimate of drug-likeness (QED) is 0.476. The number of carbonyl (C=O) groups excluding carboxylic acids is 3. The second-order valence-electron chi connectivity index (χ2n) is 11.6. The van der Waals surface area contributed by atoms with Crippen LogP contribution in [0.15, 0.2) is 41.1 Å². The van der Waals surface area contributed by atoms with E-state index in [0.29, 0.717) is 25.4 Å². The number of amides is 3. The van der Waals surface area contributed by atoms with Crippen molar-refractivity contribution in [2.45, 2.75) is 94.7 Å². The molecule has 2 fully saturated rings. The van der Waals surface area contributed by atoms with Gasteiger partial charge in [0, 0.05) is 19.2 Å². The minimum Gasteiger partial charge on any atom is -0.391 e. The Balaban J connectivity index is 1.25. The van der Waals surface area contributed by atoms with Crippen LogP contribution in [-0.4, -0.2) is 64.2 Å².